The van der Waals surface area contributed by atoms with Crippen LogP contribution in [-0.2, 0) is 10.0 Å². The summed E-state index contributed by atoms with van der Waals surface area (Å²) in [5.74, 6) is -0.777. The number of halogens is 3. The predicted molar refractivity (Wildman–Crippen MR) is 97.8 cm³/mol. The van der Waals surface area contributed by atoms with E-state index in [1.165, 1.54) is 31.8 Å². The Labute approximate surface area is 165 Å². The van der Waals surface area contributed by atoms with E-state index in [1.54, 1.807) is 35.9 Å². The number of alkyl halides is 3. The summed E-state index contributed by atoms with van der Waals surface area (Å²) in [6.45, 7) is 1.63. The Hall–Kier alpha value is -2.92. The summed E-state index contributed by atoms with van der Waals surface area (Å²) < 4.78 is 70.3. The minimum atomic E-state index is -5.01. The van der Waals surface area contributed by atoms with Crippen LogP contribution in [-0.4, -0.2) is 40.9 Å². The molecular formula is C18H17F3N4O3S. The predicted octanol–water partition coefficient (Wildman–Crippen LogP) is 3.55. The molecule has 0 spiro atoms. The Morgan fingerprint density at radius 1 is 1.10 bits per heavy atom. The summed E-state index contributed by atoms with van der Waals surface area (Å²) >= 11 is 0. The van der Waals surface area contributed by atoms with Gasteiger partial charge in [0.2, 0.25) is 10.0 Å². The van der Waals surface area contributed by atoms with Gasteiger partial charge in [-0.25, -0.2) is 18.1 Å². The molecule has 0 fully saturated rings. The lowest BCUT2D eigenvalue weighted by Gasteiger charge is -2.26. The zero-order valence-corrected chi connectivity index (χ0v) is 16.2. The monoisotopic (exact) mass is 426 g/mol. The highest BCUT2D eigenvalue weighted by atomic mass is 32.2. The lowest BCUT2D eigenvalue weighted by molar-refractivity contribution is -0.275. The van der Waals surface area contributed by atoms with Crippen LogP contribution in [0.5, 0.6) is 5.75 Å². The molecule has 154 valence electrons. The number of sulfonamides is 1. The largest absolute Gasteiger partial charge is 0.573 e. The highest BCUT2D eigenvalue weighted by Gasteiger charge is 2.35. The van der Waals surface area contributed by atoms with Crippen LogP contribution in [0.25, 0.3) is 5.69 Å². The summed E-state index contributed by atoms with van der Waals surface area (Å²) in [7, 11) is -2.96. The molecule has 0 saturated heterocycles. The molecule has 11 heteroatoms. The number of hydrogen-bond acceptors (Lipinski definition) is 5. The fraction of sp³-hybridized carbons (Fsp3) is 0.222. The number of rotatable bonds is 6. The van der Waals surface area contributed by atoms with E-state index in [1.807, 2.05) is 0 Å². The molecule has 7 nitrogen and oxygen atoms in total. The van der Waals surface area contributed by atoms with Crippen LogP contribution in [0.3, 0.4) is 0 Å². The smallest absolute Gasteiger partial charge is 0.404 e. The van der Waals surface area contributed by atoms with Gasteiger partial charge in [-0.1, -0.05) is 24.3 Å². The Morgan fingerprint density at radius 2 is 1.76 bits per heavy atom. The molecule has 3 rings (SSSR count). The van der Waals surface area contributed by atoms with Crippen LogP contribution in [0.4, 0.5) is 13.2 Å². The van der Waals surface area contributed by atoms with Gasteiger partial charge >= 0.3 is 6.36 Å². The van der Waals surface area contributed by atoms with Crippen LogP contribution in [0, 0.1) is 0 Å². The van der Waals surface area contributed by atoms with Crippen molar-refractivity contribution >= 4 is 10.0 Å². The van der Waals surface area contributed by atoms with E-state index in [0.717, 1.165) is 22.1 Å². The third-order valence-corrected chi connectivity index (χ3v) is 6.30. The Morgan fingerprint density at radius 3 is 2.34 bits per heavy atom. The lowest BCUT2D eigenvalue weighted by atomic mass is 10.1. The van der Waals surface area contributed by atoms with Crippen molar-refractivity contribution in [2.24, 2.45) is 0 Å². The molecule has 1 heterocycles. The van der Waals surface area contributed by atoms with Crippen LogP contribution in [0.2, 0.25) is 0 Å². The fourth-order valence-electron chi connectivity index (χ4n) is 2.69. The van der Waals surface area contributed by atoms with Gasteiger partial charge in [0.1, 0.15) is 23.3 Å². The van der Waals surface area contributed by atoms with Gasteiger partial charge < -0.3 is 4.74 Å². The van der Waals surface area contributed by atoms with Gasteiger partial charge in [0.05, 0.1) is 5.69 Å². The van der Waals surface area contributed by atoms with Crippen LogP contribution in [0.1, 0.15) is 18.5 Å². The molecule has 0 aliphatic heterocycles. The van der Waals surface area contributed by atoms with E-state index >= 15 is 0 Å². The molecule has 29 heavy (non-hydrogen) atoms. The van der Waals surface area contributed by atoms with Crippen molar-refractivity contribution in [2.45, 2.75) is 24.2 Å². The maximum atomic E-state index is 13.0. The number of nitrogens with zero attached hydrogens (tertiary/aromatic N) is 4. The Kier molecular flexibility index (Phi) is 5.62. The van der Waals surface area contributed by atoms with Crippen molar-refractivity contribution in [2.75, 3.05) is 7.05 Å². The normalized spacial score (nSPS) is 13.4. The van der Waals surface area contributed by atoms with E-state index in [-0.39, 0.29) is 0 Å². The third kappa shape index (κ3) is 4.57. The van der Waals surface area contributed by atoms with Gasteiger partial charge in [-0.15, -0.1) is 13.2 Å². The summed E-state index contributed by atoms with van der Waals surface area (Å²) in [4.78, 5) is 3.29. The number of ether oxygens (including phenoxy) is 1. The van der Waals surface area contributed by atoms with Crippen molar-refractivity contribution in [3.63, 3.8) is 0 Å². The molecule has 0 amide bonds. The van der Waals surface area contributed by atoms with Gasteiger partial charge in [-0.05, 0) is 36.8 Å². The van der Waals surface area contributed by atoms with Crippen molar-refractivity contribution < 1.29 is 26.3 Å². The average molecular weight is 426 g/mol. The molecule has 0 radical (unpaired) electrons. The highest BCUT2D eigenvalue weighted by molar-refractivity contribution is 7.89. The van der Waals surface area contributed by atoms with E-state index in [9.17, 15) is 21.6 Å². The zero-order chi connectivity index (χ0) is 21.2. The van der Waals surface area contributed by atoms with Crippen LogP contribution in [0.15, 0.2) is 66.1 Å². The Bertz CT molecular complexity index is 1070. The number of hydrogen-bond donors (Lipinski definition) is 0. The first-order valence-electron chi connectivity index (χ1n) is 8.37. The first-order chi connectivity index (χ1) is 13.6. The summed E-state index contributed by atoms with van der Waals surface area (Å²) in [6.07, 6.45) is -2.10. The van der Waals surface area contributed by atoms with Crippen molar-refractivity contribution in [1.29, 1.82) is 0 Å². The fourth-order valence-corrected chi connectivity index (χ4v) is 4.16. The van der Waals surface area contributed by atoms with E-state index in [2.05, 4.69) is 14.8 Å². The number of para-hydroxylation sites is 1. The molecule has 0 bridgehead atoms. The summed E-state index contributed by atoms with van der Waals surface area (Å²) in [5.41, 5.74) is 1.38. The van der Waals surface area contributed by atoms with Crippen molar-refractivity contribution in [1.82, 2.24) is 19.1 Å². The molecule has 1 aromatic heterocycles. The third-order valence-electron chi connectivity index (χ3n) is 4.34. The van der Waals surface area contributed by atoms with Crippen molar-refractivity contribution in [3.05, 3.63) is 66.7 Å². The quantitative estimate of drug-likeness (QED) is 0.603. The van der Waals surface area contributed by atoms with Crippen LogP contribution >= 0.6 is 0 Å². The molecule has 0 N–H and O–H groups in total. The molecule has 1 atom stereocenters. The second-order valence-electron chi connectivity index (χ2n) is 6.12. The maximum absolute atomic E-state index is 13.0. The SMILES string of the molecule is CC(c1ccc(-n2cncn2)cc1)N(C)S(=O)(=O)c1ccccc1OC(F)(F)F. The standard InChI is InChI=1S/C18H17F3N4O3S/c1-13(14-7-9-15(10-8-14)25-12-22-11-23-25)24(2)29(26,27)17-6-4-3-5-16(17)28-18(19,20)21/h3-13H,1-2H3. The van der Waals surface area contributed by atoms with E-state index < -0.39 is 33.1 Å². The first kappa shape index (κ1) is 20.8. The molecule has 0 aliphatic rings. The van der Waals surface area contributed by atoms with Crippen LogP contribution < -0.4 is 4.74 Å². The van der Waals surface area contributed by atoms with Crippen molar-refractivity contribution in [3.8, 4) is 11.4 Å². The summed E-state index contributed by atoms with van der Waals surface area (Å²) in [5, 5.41) is 4.01. The Balaban J connectivity index is 1.88. The molecule has 0 saturated carbocycles. The van der Waals surface area contributed by atoms with Gasteiger partial charge in [-0.3, -0.25) is 0 Å². The molecule has 1 unspecified atom stereocenters. The molecule has 3 aromatic rings. The van der Waals surface area contributed by atoms with E-state index in [4.69, 9.17) is 0 Å². The highest BCUT2D eigenvalue weighted by Crippen LogP contribution is 2.33. The number of aromatic nitrogens is 3. The average Bonchev–Trinajstić information content (AvgIpc) is 3.21. The molecule has 2 aromatic carbocycles. The molecular weight excluding hydrogens is 409 g/mol. The van der Waals surface area contributed by atoms with Gasteiger partial charge in [-0.2, -0.15) is 9.40 Å². The van der Waals surface area contributed by atoms with E-state index in [0.29, 0.717) is 5.56 Å². The lowest BCUT2D eigenvalue weighted by Crippen LogP contribution is -2.30. The molecule has 0 aliphatic carbocycles. The second kappa shape index (κ2) is 7.84. The van der Waals surface area contributed by atoms with Gasteiger partial charge in [0, 0.05) is 13.1 Å². The van der Waals surface area contributed by atoms with Gasteiger partial charge in [0.15, 0.2) is 0 Å². The topological polar surface area (TPSA) is 77.3 Å². The first-order valence-corrected chi connectivity index (χ1v) is 9.81. The zero-order valence-electron chi connectivity index (χ0n) is 15.4. The maximum Gasteiger partial charge on any atom is 0.573 e. The second-order valence-corrected chi connectivity index (χ2v) is 8.09. The minimum absolute atomic E-state index is 0.564. The minimum Gasteiger partial charge on any atom is -0.404 e. The number of benzene rings is 2. The summed E-state index contributed by atoms with van der Waals surface area (Å²) in [6, 6.07) is 10.9. The van der Waals surface area contributed by atoms with Gasteiger partial charge in [0.25, 0.3) is 0 Å².